The second kappa shape index (κ2) is 5.11. The monoisotopic (exact) mass is 236 g/mol. The number of nitrogens with two attached hydrogens (primary N) is 1. The van der Waals surface area contributed by atoms with E-state index >= 15 is 0 Å². The summed E-state index contributed by atoms with van der Waals surface area (Å²) in [7, 11) is 0. The van der Waals surface area contributed by atoms with Crippen LogP contribution in [0.5, 0.6) is 0 Å². The van der Waals surface area contributed by atoms with Crippen molar-refractivity contribution in [3.8, 4) is 0 Å². The highest BCUT2D eigenvalue weighted by Gasteiger charge is 2.11. The molecule has 1 aromatic heterocycles. The maximum absolute atomic E-state index is 10.5. The molecule has 0 atom stereocenters. The molecule has 0 spiro atoms. The predicted octanol–water partition coefficient (Wildman–Crippen LogP) is 2.06. The Morgan fingerprint density at radius 3 is 2.53 bits per heavy atom. The third kappa shape index (κ3) is 2.60. The number of primary amides is 1. The molecule has 1 heterocycles. The number of rotatable bonds is 1. The number of benzene rings is 1. The summed E-state index contributed by atoms with van der Waals surface area (Å²) >= 11 is 0. The van der Waals surface area contributed by atoms with E-state index in [1.165, 1.54) is 6.07 Å². The molecule has 0 aliphatic rings. The van der Waals surface area contributed by atoms with Crippen LogP contribution in [0.2, 0.25) is 0 Å². The number of carbonyl (C=O) groups excluding carboxylic acids is 1. The minimum Gasteiger partial charge on any atom is -0.461 e. The van der Waals surface area contributed by atoms with Crippen LogP contribution < -0.4 is 5.73 Å². The Bertz CT molecular complexity index is 560. The molecule has 2 rings (SSSR count). The highest BCUT2D eigenvalue weighted by Crippen LogP contribution is 2.27. The summed E-state index contributed by atoms with van der Waals surface area (Å²) < 4.78 is 5.41. The Labute approximate surface area is 97.2 Å². The van der Waals surface area contributed by atoms with Crippen LogP contribution in [0, 0.1) is 24.0 Å². The van der Waals surface area contributed by atoms with Gasteiger partial charge in [0.25, 0.3) is 5.69 Å². The standard InChI is InChI=1S/C10H9NO3.CH3NO/c1-6-7(2)14-10-4-3-8(11(12)13)5-9(6)10;2-1-3/h3-5H,1-2H3;1H,(H2,2,3). The van der Waals surface area contributed by atoms with Gasteiger partial charge in [-0.2, -0.15) is 0 Å². The maximum atomic E-state index is 10.5. The molecule has 1 aromatic carbocycles. The zero-order chi connectivity index (χ0) is 13.0. The summed E-state index contributed by atoms with van der Waals surface area (Å²) in [6.07, 6.45) is 0.250. The number of hydrogen-bond acceptors (Lipinski definition) is 4. The van der Waals surface area contributed by atoms with Crippen molar-refractivity contribution >= 4 is 23.1 Å². The number of amides is 1. The first-order valence-electron chi connectivity index (χ1n) is 4.80. The van der Waals surface area contributed by atoms with E-state index < -0.39 is 4.92 Å². The van der Waals surface area contributed by atoms with Crippen LogP contribution in [0.25, 0.3) is 11.0 Å². The summed E-state index contributed by atoms with van der Waals surface area (Å²) in [6, 6.07) is 4.62. The van der Waals surface area contributed by atoms with Gasteiger partial charge in [-0.1, -0.05) is 0 Å². The first-order chi connectivity index (χ1) is 8.01. The van der Waals surface area contributed by atoms with Crippen molar-refractivity contribution in [2.45, 2.75) is 13.8 Å². The number of nitro benzene ring substituents is 1. The van der Waals surface area contributed by atoms with Crippen LogP contribution in [-0.2, 0) is 4.79 Å². The topological polar surface area (TPSA) is 99.4 Å². The molecule has 2 aromatic rings. The van der Waals surface area contributed by atoms with Crippen molar-refractivity contribution in [1.29, 1.82) is 0 Å². The molecule has 6 nitrogen and oxygen atoms in total. The largest absolute Gasteiger partial charge is 0.461 e. The van der Waals surface area contributed by atoms with Gasteiger partial charge in [0, 0.05) is 17.5 Å². The molecule has 17 heavy (non-hydrogen) atoms. The molecule has 1 amide bonds. The van der Waals surface area contributed by atoms with E-state index in [0.717, 1.165) is 16.7 Å². The van der Waals surface area contributed by atoms with Crippen molar-refractivity contribution in [1.82, 2.24) is 0 Å². The molecule has 0 saturated heterocycles. The summed E-state index contributed by atoms with van der Waals surface area (Å²) in [6.45, 7) is 3.74. The molecule has 0 fully saturated rings. The number of nitro groups is 1. The Balaban J connectivity index is 0.000000437. The van der Waals surface area contributed by atoms with Crippen LogP contribution in [0.3, 0.4) is 0 Å². The van der Waals surface area contributed by atoms with Crippen molar-refractivity contribution < 1.29 is 14.1 Å². The van der Waals surface area contributed by atoms with Gasteiger partial charge in [-0.15, -0.1) is 0 Å². The van der Waals surface area contributed by atoms with Gasteiger partial charge in [0.15, 0.2) is 0 Å². The summed E-state index contributed by atoms with van der Waals surface area (Å²) in [4.78, 5) is 18.7. The van der Waals surface area contributed by atoms with E-state index in [1.807, 2.05) is 13.8 Å². The lowest BCUT2D eigenvalue weighted by Crippen LogP contribution is -1.86. The highest BCUT2D eigenvalue weighted by molar-refractivity contribution is 5.84. The lowest BCUT2D eigenvalue weighted by Gasteiger charge is -1.91. The van der Waals surface area contributed by atoms with Crippen LogP contribution in [-0.4, -0.2) is 11.3 Å². The summed E-state index contributed by atoms with van der Waals surface area (Å²) in [5.74, 6) is 0.806. The summed E-state index contributed by atoms with van der Waals surface area (Å²) in [5.41, 5.74) is 5.93. The van der Waals surface area contributed by atoms with E-state index in [1.54, 1.807) is 12.1 Å². The number of fused-ring (bicyclic) bond motifs is 1. The highest BCUT2D eigenvalue weighted by atomic mass is 16.6. The summed E-state index contributed by atoms with van der Waals surface area (Å²) in [5, 5.41) is 11.4. The Morgan fingerprint density at radius 1 is 1.41 bits per heavy atom. The van der Waals surface area contributed by atoms with Gasteiger partial charge in [-0.05, 0) is 25.5 Å². The zero-order valence-electron chi connectivity index (χ0n) is 9.47. The van der Waals surface area contributed by atoms with Crippen molar-refractivity contribution in [2.24, 2.45) is 5.73 Å². The number of hydrogen-bond donors (Lipinski definition) is 1. The van der Waals surface area contributed by atoms with Gasteiger partial charge >= 0.3 is 0 Å². The fourth-order valence-corrected chi connectivity index (χ4v) is 1.44. The number of nitrogens with zero attached hydrogens (tertiary/aromatic N) is 1. The zero-order valence-corrected chi connectivity index (χ0v) is 9.47. The van der Waals surface area contributed by atoms with Crippen LogP contribution in [0.1, 0.15) is 11.3 Å². The number of furan rings is 1. The van der Waals surface area contributed by atoms with Crippen molar-refractivity contribution in [2.75, 3.05) is 0 Å². The van der Waals surface area contributed by atoms with Crippen LogP contribution >= 0.6 is 0 Å². The molecule has 0 bridgehead atoms. The first-order valence-corrected chi connectivity index (χ1v) is 4.80. The maximum Gasteiger partial charge on any atom is 0.270 e. The van der Waals surface area contributed by atoms with Crippen LogP contribution in [0.4, 0.5) is 5.69 Å². The van der Waals surface area contributed by atoms with E-state index in [2.05, 4.69) is 5.73 Å². The minimum atomic E-state index is -0.402. The molecule has 0 saturated carbocycles. The first kappa shape index (κ1) is 12.7. The Kier molecular flexibility index (Phi) is 3.82. The molecule has 0 radical (unpaired) electrons. The van der Waals surface area contributed by atoms with E-state index in [-0.39, 0.29) is 12.1 Å². The number of aryl methyl sites for hydroxylation is 2. The van der Waals surface area contributed by atoms with E-state index in [4.69, 9.17) is 9.21 Å². The smallest absolute Gasteiger partial charge is 0.270 e. The Morgan fingerprint density at radius 2 is 2.00 bits per heavy atom. The molecular weight excluding hydrogens is 224 g/mol. The Hall–Kier alpha value is -2.37. The third-order valence-corrected chi connectivity index (χ3v) is 2.37. The second-order valence-electron chi connectivity index (χ2n) is 3.36. The van der Waals surface area contributed by atoms with Gasteiger partial charge in [0.2, 0.25) is 6.41 Å². The second-order valence-corrected chi connectivity index (χ2v) is 3.36. The third-order valence-electron chi connectivity index (χ3n) is 2.37. The van der Waals surface area contributed by atoms with E-state index in [0.29, 0.717) is 5.58 Å². The molecule has 0 aliphatic heterocycles. The lowest BCUT2D eigenvalue weighted by molar-refractivity contribution is -0.384. The fourth-order valence-electron chi connectivity index (χ4n) is 1.44. The average Bonchev–Trinajstić information content (AvgIpc) is 2.56. The minimum absolute atomic E-state index is 0.0985. The average molecular weight is 236 g/mol. The molecular formula is C11H12N2O4. The fraction of sp³-hybridized carbons (Fsp3) is 0.182. The molecule has 6 heteroatoms. The van der Waals surface area contributed by atoms with E-state index in [9.17, 15) is 10.1 Å². The van der Waals surface area contributed by atoms with Crippen LogP contribution in [0.15, 0.2) is 22.6 Å². The molecule has 0 aliphatic carbocycles. The van der Waals surface area contributed by atoms with Gasteiger partial charge in [0.1, 0.15) is 11.3 Å². The van der Waals surface area contributed by atoms with Crippen molar-refractivity contribution in [3.05, 3.63) is 39.6 Å². The number of carbonyl (C=O) groups is 1. The van der Waals surface area contributed by atoms with Gasteiger partial charge < -0.3 is 10.2 Å². The van der Waals surface area contributed by atoms with Crippen molar-refractivity contribution in [3.63, 3.8) is 0 Å². The van der Waals surface area contributed by atoms with Gasteiger partial charge in [-0.25, -0.2) is 0 Å². The number of non-ortho nitro benzene ring substituents is 1. The van der Waals surface area contributed by atoms with Gasteiger partial charge in [0.05, 0.1) is 4.92 Å². The molecule has 0 unspecified atom stereocenters. The lowest BCUT2D eigenvalue weighted by atomic mass is 10.1. The normalized spacial score (nSPS) is 9.53. The predicted molar refractivity (Wildman–Crippen MR) is 62.6 cm³/mol. The molecule has 90 valence electrons. The quantitative estimate of drug-likeness (QED) is 0.465. The molecule has 2 N–H and O–H groups in total. The SMILES string of the molecule is Cc1oc2ccc([N+](=O)[O-])cc2c1C.NC=O. The van der Waals surface area contributed by atoms with Gasteiger partial charge in [-0.3, -0.25) is 14.9 Å².